The van der Waals surface area contributed by atoms with Gasteiger partial charge in [-0.25, -0.2) is 0 Å². The highest BCUT2D eigenvalue weighted by molar-refractivity contribution is 7.80. The van der Waals surface area contributed by atoms with E-state index in [9.17, 15) is 13.2 Å². The summed E-state index contributed by atoms with van der Waals surface area (Å²) in [7, 11) is 0. The number of halogens is 3. The summed E-state index contributed by atoms with van der Waals surface area (Å²) in [6.07, 6.45) is -2.02. The molecule has 0 bridgehead atoms. The molecule has 126 valence electrons. The van der Waals surface area contributed by atoms with Gasteiger partial charge in [0.25, 0.3) is 0 Å². The molecule has 1 unspecified atom stereocenters. The van der Waals surface area contributed by atoms with Crippen LogP contribution < -0.4 is 15.1 Å². The Morgan fingerprint density at radius 3 is 2.91 bits per heavy atom. The van der Waals surface area contributed by atoms with Crippen LogP contribution in [0.1, 0.15) is 18.4 Å². The number of anilines is 1. The van der Waals surface area contributed by atoms with Gasteiger partial charge in [0.2, 0.25) is 0 Å². The number of hydrogen-bond donors (Lipinski definition) is 2. The van der Waals surface area contributed by atoms with Crippen molar-refractivity contribution in [2.45, 2.75) is 25.1 Å². The predicted octanol–water partition coefficient (Wildman–Crippen LogP) is 1.38. The number of nitrogens with one attached hydrogen (secondary N) is 2. The quantitative estimate of drug-likeness (QED) is 0.809. The van der Waals surface area contributed by atoms with Gasteiger partial charge in [0.15, 0.2) is 18.4 Å². The highest BCUT2D eigenvalue weighted by atomic mass is 32.1. The first kappa shape index (κ1) is 16.5. The van der Waals surface area contributed by atoms with E-state index in [-0.39, 0.29) is 6.10 Å². The van der Waals surface area contributed by atoms with Crippen molar-refractivity contribution in [2.75, 3.05) is 31.4 Å². The Kier molecular flexibility index (Phi) is 4.74. The minimum absolute atomic E-state index is 0.224. The van der Waals surface area contributed by atoms with Crippen LogP contribution >= 0.6 is 12.2 Å². The number of benzene rings is 1. The predicted molar refractivity (Wildman–Crippen MR) is 84.2 cm³/mol. The molecule has 8 heteroatoms. The van der Waals surface area contributed by atoms with E-state index >= 15 is 0 Å². The Morgan fingerprint density at radius 1 is 1.39 bits per heavy atom. The van der Waals surface area contributed by atoms with E-state index in [1.807, 2.05) is 0 Å². The van der Waals surface area contributed by atoms with Crippen LogP contribution in [0.15, 0.2) is 24.3 Å². The lowest BCUT2D eigenvalue weighted by molar-refractivity contribution is -0.905. The van der Waals surface area contributed by atoms with E-state index in [0.29, 0.717) is 24.1 Å². The molecule has 0 spiro atoms. The van der Waals surface area contributed by atoms with Crippen LogP contribution in [0.25, 0.3) is 0 Å². The van der Waals surface area contributed by atoms with Crippen molar-refractivity contribution in [1.82, 2.24) is 5.32 Å². The number of hydrogen-bond acceptors (Lipinski definition) is 2. The number of ether oxygens (including phenoxy) is 1. The zero-order valence-corrected chi connectivity index (χ0v) is 13.3. The van der Waals surface area contributed by atoms with Gasteiger partial charge in [0.05, 0.1) is 5.56 Å². The summed E-state index contributed by atoms with van der Waals surface area (Å²) in [5, 5.41) is 3.56. The minimum atomic E-state index is -4.36. The van der Waals surface area contributed by atoms with E-state index in [1.54, 1.807) is 11.0 Å². The SMILES string of the molecule is FC(F)(F)c1cccc(N2C[NH+](C[C@H]3CCCO3)CNC2=S)c1. The number of rotatable bonds is 3. The van der Waals surface area contributed by atoms with Crippen LogP contribution in [0.2, 0.25) is 0 Å². The van der Waals surface area contributed by atoms with Crippen LogP contribution in [-0.4, -0.2) is 37.7 Å². The Bertz CT molecular complexity index is 575. The molecule has 4 nitrogen and oxygen atoms in total. The molecule has 2 saturated heterocycles. The van der Waals surface area contributed by atoms with Crippen molar-refractivity contribution >= 4 is 23.0 Å². The Hall–Kier alpha value is -1.38. The van der Waals surface area contributed by atoms with Crippen molar-refractivity contribution in [3.63, 3.8) is 0 Å². The average molecular weight is 346 g/mol. The summed E-state index contributed by atoms with van der Waals surface area (Å²) >= 11 is 5.27. The average Bonchev–Trinajstić information content (AvgIpc) is 3.01. The van der Waals surface area contributed by atoms with Crippen molar-refractivity contribution in [2.24, 2.45) is 0 Å². The van der Waals surface area contributed by atoms with Crippen molar-refractivity contribution < 1.29 is 22.8 Å². The molecular formula is C15H19F3N3OS+. The molecule has 2 aliphatic rings. The van der Waals surface area contributed by atoms with Crippen LogP contribution in [0.4, 0.5) is 18.9 Å². The molecule has 0 amide bonds. The number of quaternary nitrogens is 1. The van der Waals surface area contributed by atoms with Crippen LogP contribution in [0.5, 0.6) is 0 Å². The standard InChI is InChI=1S/C15H18F3N3OS/c16-15(17,18)11-3-1-4-12(7-11)21-10-20(9-19-14(21)23)8-13-5-2-6-22-13/h1,3-4,7,13H,2,5-6,8-10H2,(H,19,23)/p+1/t13-/m1/s1. The lowest BCUT2D eigenvalue weighted by Gasteiger charge is -2.36. The summed E-state index contributed by atoms with van der Waals surface area (Å²) in [6, 6.07) is 5.28. The molecule has 1 aromatic carbocycles. The van der Waals surface area contributed by atoms with Gasteiger partial charge in [-0.3, -0.25) is 9.80 Å². The monoisotopic (exact) mass is 346 g/mol. The molecule has 0 radical (unpaired) electrons. The van der Waals surface area contributed by atoms with Gasteiger partial charge in [0, 0.05) is 12.3 Å². The fourth-order valence-electron chi connectivity index (χ4n) is 2.97. The minimum Gasteiger partial charge on any atom is -0.372 e. The summed E-state index contributed by atoms with van der Waals surface area (Å²) in [6.45, 7) is 2.81. The molecule has 2 aliphatic heterocycles. The highest BCUT2D eigenvalue weighted by Gasteiger charge is 2.33. The summed E-state index contributed by atoms with van der Waals surface area (Å²) < 4.78 is 44.3. The fourth-order valence-corrected chi connectivity index (χ4v) is 3.21. The van der Waals surface area contributed by atoms with Crippen LogP contribution in [-0.2, 0) is 10.9 Å². The maximum Gasteiger partial charge on any atom is 0.416 e. The lowest BCUT2D eigenvalue weighted by atomic mass is 10.2. The molecule has 3 rings (SSSR count). The number of alkyl halides is 3. The summed E-state index contributed by atoms with van der Waals surface area (Å²) in [5.74, 6) is 0. The van der Waals surface area contributed by atoms with Gasteiger partial charge >= 0.3 is 6.18 Å². The van der Waals surface area contributed by atoms with Crippen LogP contribution in [0.3, 0.4) is 0 Å². The molecule has 0 aromatic heterocycles. The van der Waals surface area contributed by atoms with Gasteiger partial charge in [-0.1, -0.05) is 6.07 Å². The molecule has 2 heterocycles. The Balaban J connectivity index is 1.73. The first-order chi connectivity index (χ1) is 10.9. The normalized spacial score (nSPS) is 25.5. The molecule has 0 aliphatic carbocycles. The fraction of sp³-hybridized carbons (Fsp3) is 0.533. The highest BCUT2D eigenvalue weighted by Crippen LogP contribution is 2.31. The van der Waals surface area contributed by atoms with E-state index < -0.39 is 11.7 Å². The zero-order chi connectivity index (χ0) is 16.4. The molecule has 2 fully saturated rings. The molecule has 1 aromatic rings. The van der Waals surface area contributed by atoms with Gasteiger partial charge < -0.3 is 10.1 Å². The Morgan fingerprint density at radius 2 is 2.22 bits per heavy atom. The van der Waals surface area contributed by atoms with Gasteiger partial charge in [-0.15, -0.1) is 0 Å². The second-order valence-corrected chi connectivity index (χ2v) is 6.27. The largest absolute Gasteiger partial charge is 0.416 e. The third-order valence-corrected chi connectivity index (χ3v) is 4.51. The number of thiocarbonyl (C=S) groups is 1. The maximum atomic E-state index is 12.9. The molecular weight excluding hydrogens is 327 g/mol. The third kappa shape index (κ3) is 3.94. The first-order valence-electron chi connectivity index (χ1n) is 7.61. The topological polar surface area (TPSA) is 28.9 Å². The smallest absolute Gasteiger partial charge is 0.372 e. The second-order valence-electron chi connectivity index (χ2n) is 5.88. The van der Waals surface area contributed by atoms with Gasteiger partial charge in [-0.05, 0) is 43.3 Å². The number of nitrogens with zero attached hydrogens (tertiary/aromatic N) is 1. The van der Waals surface area contributed by atoms with E-state index in [4.69, 9.17) is 17.0 Å². The van der Waals surface area contributed by atoms with Crippen molar-refractivity contribution in [3.8, 4) is 0 Å². The van der Waals surface area contributed by atoms with Crippen LogP contribution in [0, 0.1) is 0 Å². The molecule has 2 atom stereocenters. The molecule has 23 heavy (non-hydrogen) atoms. The Labute approximate surface area is 138 Å². The summed E-state index contributed by atoms with van der Waals surface area (Å²) in [5.41, 5.74) is -0.203. The van der Waals surface area contributed by atoms with E-state index in [1.165, 1.54) is 11.0 Å². The molecule has 2 N–H and O–H groups in total. The van der Waals surface area contributed by atoms with E-state index in [2.05, 4.69) is 5.32 Å². The zero-order valence-electron chi connectivity index (χ0n) is 12.5. The molecule has 0 saturated carbocycles. The third-order valence-electron chi connectivity index (χ3n) is 4.14. The lowest BCUT2D eigenvalue weighted by Crippen LogP contribution is -3.18. The first-order valence-corrected chi connectivity index (χ1v) is 8.02. The summed E-state index contributed by atoms with van der Waals surface area (Å²) in [4.78, 5) is 2.92. The van der Waals surface area contributed by atoms with Crippen molar-refractivity contribution in [1.29, 1.82) is 0 Å². The second kappa shape index (κ2) is 6.62. The van der Waals surface area contributed by atoms with E-state index in [0.717, 1.165) is 38.1 Å². The maximum absolute atomic E-state index is 12.9. The van der Waals surface area contributed by atoms with Gasteiger partial charge in [0.1, 0.15) is 12.6 Å². The van der Waals surface area contributed by atoms with Gasteiger partial charge in [-0.2, -0.15) is 13.2 Å². The van der Waals surface area contributed by atoms with Crippen molar-refractivity contribution in [3.05, 3.63) is 29.8 Å².